The van der Waals surface area contributed by atoms with Crippen LogP contribution < -0.4 is 5.32 Å². The Morgan fingerprint density at radius 3 is 3.12 bits per heavy atom. The van der Waals surface area contributed by atoms with Crippen LogP contribution in [0, 0.1) is 5.92 Å². The molecule has 0 bridgehead atoms. The fourth-order valence-electron chi connectivity index (χ4n) is 2.10. The Balaban J connectivity index is 2.26. The van der Waals surface area contributed by atoms with Gasteiger partial charge in [-0.05, 0) is 25.1 Å². The largest absolute Gasteiger partial charge is 0.481 e. The molecule has 0 radical (unpaired) electrons. The van der Waals surface area contributed by atoms with E-state index in [1.54, 1.807) is 18.3 Å². The fraction of sp³-hybridized carbons (Fsp3) is 0.455. The van der Waals surface area contributed by atoms with Gasteiger partial charge in [-0.1, -0.05) is 11.6 Å². The maximum atomic E-state index is 11.1. The van der Waals surface area contributed by atoms with Crippen molar-refractivity contribution < 1.29 is 9.90 Å². The maximum absolute atomic E-state index is 11.1. The minimum Gasteiger partial charge on any atom is -0.481 e. The summed E-state index contributed by atoms with van der Waals surface area (Å²) in [7, 11) is 0. The highest BCUT2D eigenvalue weighted by Crippen LogP contribution is 2.30. The minimum atomic E-state index is -0.779. The number of carboxylic acid groups (broad SMARTS) is 1. The lowest BCUT2D eigenvalue weighted by atomic mass is 9.84. The zero-order valence-electron chi connectivity index (χ0n) is 8.69. The molecule has 0 aliphatic carbocycles. The Labute approximate surface area is 98.6 Å². The van der Waals surface area contributed by atoms with E-state index in [1.165, 1.54) is 0 Å². The lowest BCUT2D eigenvalue weighted by molar-refractivity contribution is -0.143. The molecule has 5 heteroatoms. The van der Waals surface area contributed by atoms with E-state index in [4.69, 9.17) is 16.7 Å². The first-order valence-corrected chi connectivity index (χ1v) is 5.61. The Bertz CT molecular complexity index is 397. The van der Waals surface area contributed by atoms with Gasteiger partial charge in [0.1, 0.15) is 0 Å². The van der Waals surface area contributed by atoms with Gasteiger partial charge in [-0.2, -0.15) is 0 Å². The van der Waals surface area contributed by atoms with Crippen LogP contribution >= 0.6 is 11.6 Å². The van der Waals surface area contributed by atoms with E-state index in [0.717, 1.165) is 18.7 Å². The van der Waals surface area contributed by atoms with Crippen molar-refractivity contribution in [3.63, 3.8) is 0 Å². The van der Waals surface area contributed by atoms with Crippen LogP contribution in [-0.4, -0.2) is 29.1 Å². The summed E-state index contributed by atoms with van der Waals surface area (Å²) in [6.07, 6.45) is 2.41. The standard InChI is InChI=1S/C11H13ClN2O2/c12-7-1-4-14-10(5-7)8-2-3-13-6-9(8)11(15)16/h1,4-5,8-9,13H,2-3,6H2,(H,15,16). The number of aliphatic carboxylic acids is 1. The average Bonchev–Trinajstić information content (AvgIpc) is 2.29. The summed E-state index contributed by atoms with van der Waals surface area (Å²) in [4.78, 5) is 15.3. The summed E-state index contributed by atoms with van der Waals surface area (Å²) in [5.74, 6) is -1.24. The molecule has 1 aromatic rings. The summed E-state index contributed by atoms with van der Waals surface area (Å²) in [5.41, 5.74) is 0.779. The van der Waals surface area contributed by atoms with Crippen LogP contribution in [0.15, 0.2) is 18.3 Å². The lowest BCUT2D eigenvalue weighted by Crippen LogP contribution is -2.39. The number of carbonyl (C=O) groups is 1. The molecule has 1 aliphatic rings. The van der Waals surface area contributed by atoms with Crippen LogP contribution in [0.2, 0.25) is 5.02 Å². The van der Waals surface area contributed by atoms with E-state index in [9.17, 15) is 4.79 Å². The van der Waals surface area contributed by atoms with Crippen molar-refractivity contribution in [2.45, 2.75) is 12.3 Å². The van der Waals surface area contributed by atoms with E-state index in [-0.39, 0.29) is 5.92 Å². The molecule has 16 heavy (non-hydrogen) atoms. The zero-order chi connectivity index (χ0) is 11.5. The molecule has 2 atom stereocenters. The summed E-state index contributed by atoms with van der Waals surface area (Å²) in [6, 6.07) is 3.45. The summed E-state index contributed by atoms with van der Waals surface area (Å²) in [6.45, 7) is 1.32. The van der Waals surface area contributed by atoms with Crippen LogP contribution in [0.5, 0.6) is 0 Å². The third-order valence-corrected chi connectivity index (χ3v) is 3.16. The molecule has 0 aromatic carbocycles. The topological polar surface area (TPSA) is 62.2 Å². The average molecular weight is 241 g/mol. The number of rotatable bonds is 2. The molecule has 2 unspecified atom stereocenters. The van der Waals surface area contributed by atoms with Crippen molar-refractivity contribution in [1.29, 1.82) is 0 Å². The van der Waals surface area contributed by atoms with E-state index >= 15 is 0 Å². The SMILES string of the molecule is O=C(O)C1CNCCC1c1cc(Cl)ccn1. The van der Waals surface area contributed by atoms with Crippen molar-refractivity contribution >= 4 is 17.6 Å². The van der Waals surface area contributed by atoms with Crippen molar-refractivity contribution in [3.05, 3.63) is 29.0 Å². The molecule has 0 spiro atoms. The number of hydrogen-bond acceptors (Lipinski definition) is 3. The summed E-state index contributed by atoms with van der Waals surface area (Å²) < 4.78 is 0. The second-order valence-corrected chi connectivity index (χ2v) is 4.38. The number of pyridine rings is 1. The summed E-state index contributed by atoms with van der Waals surface area (Å²) >= 11 is 5.89. The number of nitrogens with zero attached hydrogens (tertiary/aromatic N) is 1. The van der Waals surface area contributed by atoms with Crippen molar-refractivity contribution in [3.8, 4) is 0 Å². The Kier molecular flexibility index (Phi) is 3.41. The first kappa shape index (κ1) is 11.4. The van der Waals surface area contributed by atoms with Gasteiger partial charge in [0.25, 0.3) is 0 Å². The Morgan fingerprint density at radius 1 is 1.62 bits per heavy atom. The van der Waals surface area contributed by atoms with Gasteiger partial charge in [0, 0.05) is 29.4 Å². The van der Waals surface area contributed by atoms with Gasteiger partial charge in [-0.15, -0.1) is 0 Å². The third-order valence-electron chi connectivity index (χ3n) is 2.92. The third kappa shape index (κ3) is 2.33. The number of aromatic nitrogens is 1. The molecule has 2 rings (SSSR count). The molecule has 1 saturated heterocycles. The van der Waals surface area contributed by atoms with E-state index in [0.29, 0.717) is 11.6 Å². The van der Waals surface area contributed by atoms with Crippen LogP contribution in [0.25, 0.3) is 0 Å². The molecule has 2 N–H and O–H groups in total. The quantitative estimate of drug-likeness (QED) is 0.823. The Morgan fingerprint density at radius 2 is 2.44 bits per heavy atom. The van der Waals surface area contributed by atoms with Gasteiger partial charge in [0.05, 0.1) is 5.92 Å². The van der Waals surface area contributed by atoms with Gasteiger partial charge >= 0.3 is 5.97 Å². The molecule has 4 nitrogen and oxygen atoms in total. The van der Waals surface area contributed by atoms with Crippen LogP contribution in [0.4, 0.5) is 0 Å². The monoisotopic (exact) mass is 240 g/mol. The highest BCUT2D eigenvalue weighted by Gasteiger charge is 2.32. The van der Waals surface area contributed by atoms with Gasteiger partial charge in [-0.25, -0.2) is 0 Å². The summed E-state index contributed by atoms with van der Waals surface area (Å²) in [5, 5.41) is 12.8. The van der Waals surface area contributed by atoms with Gasteiger partial charge < -0.3 is 10.4 Å². The van der Waals surface area contributed by atoms with E-state index in [2.05, 4.69) is 10.3 Å². The molecular weight excluding hydrogens is 228 g/mol. The van der Waals surface area contributed by atoms with Gasteiger partial charge in [-0.3, -0.25) is 9.78 Å². The molecular formula is C11H13ClN2O2. The van der Waals surface area contributed by atoms with Crippen molar-refractivity contribution in [1.82, 2.24) is 10.3 Å². The smallest absolute Gasteiger partial charge is 0.308 e. The maximum Gasteiger partial charge on any atom is 0.308 e. The fourth-order valence-corrected chi connectivity index (χ4v) is 2.26. The van der Waals surface area contributed by atoms with E-state index < -0.39 is 11.9 Å². The number of nitrogens with one attached hydrogen (secondary N) is 1. The highest BCUT2D eigenvalue weighted by molar-refractivity contribution is 6.30. The van der Waals surface area contributed by atoms with Gasteiger partial charge in [0.15, 0.2) is 0 Å². The highest BCUT2D eigenvalue weighted by atomic mass is 35.5. The first-order valence-electron chi connectivity index (χ1n) is 5.23. The van der Waals surface area contributed by atoms with Crippen LogP contribution in [0.1, 0.15) is 18.0 Å². The number of halogens is 1. The normalized spacial score (nSPS) is 25.3. The van der Waals surface area contributed by atoms with E-state index in [1.807, 2.05) is 0 Å². The predicted molar refractivity (Wildman–Crippen MR) is 60.6 cm³/mol. The molecule has 1 aliphatic heterocycles. The molecule has 86 valence electrons. The lowest BCUT2D eigenvalue weighted by Gasteiger charge is -2.28. The van der Waals surface area contributed by atoms with Crippen molar-refractivity contribution in [2.75, 3.05) is 13.1 Å². The van der Waals surface area contributed by atoms with Gasteiger partial charge in [0.2, 0.25) is 0 Å². The first-order chi connectivity index (χ1) is 7.68. The second-order valence-electron chi connectivity index (χ2n) is 3.94. The van der Waals surface area contributed by atoms with Crippen LogP contribution in [-0.2, 0) is 4.79 Å². The number of carboxylic acids is 1. The molecule has 0 saturated carbocycles. The predicted octanol–water partition coefficient (Wildman–Crippen LogP) is 1.51. The molecule has 0 amide bonds. The molecule has 2 heterocycles. The molecule has 1 aromatic heterocycles. The zero-order valence-corrected chi connectivity index (χ0v) is 9.44. The minimum absolute atomic E-state index is 0.0440. The second kappa shape index (κ2) is 4.80. The number of piperidine rings is 1. The Hall–Kier alpha value is -1.13. The van der Waals surface area contributed by atoms with Crippen molar-refractivity contribution in [2.24, 2.45) is 5.92 Å². The van der Waals surface area contributed by atoms with Crippen LogP contribution in [0.3, 0.4) is 0 Å². The number of hydrogen-bond donors (Lipinski definition) is 2. The molecule has 1 fully saturated rings.